The zero-order valence-electron chi connectivity index (χ0n) is 12.4. The van der Waals surface area contributed by atoms with Gasteiger partial charge in [0.15, 0.2) is 0 Å². The average Bonchev–Trinajstić information content (AvgIpc) is 2.94. The van der Waals surface area contributed by atoms with Crippen LogP contribution in [0.5, 0.6) is 0 Å². The first-order valence-electron chi connectivity index (χ1n) is 7.54. The predicted molar refractivity (Wildman–Crippen MR) is 83.1 cm³/mol. The minimum Gasteiger partial charge on any atom is -0.391 e. The normalized spacial score (nSPS) is 23.7. The molecule has 2 aliphatic rings. The Labute approximate surface area is 140 Å². The van der Waals surface area contributed by atoms with E-state index in [4.69, 9.17) is 4.84 Å². The summed E-state index contributed by atoms with van der Waals surface area (Å²) in [7, 11) is 0. The monoisotopic (exact) mass is 391 g/mol. The Hall–Kier alpha value is -1.15. The highest BCUT2D eigenvalue weighted by atomic mass is 79.9. The van der Waals surface area contributed by atoms with E-state index in [9.17, 15) is 13.2 Å². The van der Waals surface area contributed by atoms with E-state index in [-0.39, 0.29) is 6.10 Å². The van der Waals surface area contributed by atoms with Gasteiger partial charge >= 0.3 is 6.18 Å². The van der Waals surface area contributed by atoms with Crippen LogP contribution in [0.3, 0.4) is 0 Å². The van der Waals surface area contributed by atoms with Crippen LogP contribution < -0.4 is 0 Å². The van der Waals surface area contributed by atoms with Crippen molar-refractivity contribution in [2.45, 2.75) is 38.1 Å². The van der Waals surface area contributed by atoms with E-state index in [0.717, 1.165) is 49.2 Å². The van der Waals surface area contributed by atoms with Crippen molar-refractivity contribution in [2.75, 3.05) is 13.1 Å². The molecule has 0 amide bonds. The molecule has 3 heterocycles. The highest BCUT2D eigenvalue weighted by Gasteiger charge is 2.32. The topological polar surface area (TPSA) is 37.7 Å². The van der Waals surface area contributed by atoms with Crippen LogP contribution >= 0.6 is 15.9 Å². The summed E-state index contributed by atoms with van der Waals surface area (Å²) in [5.74, 6) is 0.477. The number of hydrogen-bond acceptors (Lipinski definition) is 4. The Morgan fingerprint density at radius 2 is 2.00 bits per heavy atom. The third kappa shape index (κ3) is 4.23. The lowest BCUT2D eigenvalue weighted by Crippen LogP contribution is -2.37. The van der Waals surface area contributed by atoms with Crippen LogP contribution in [-0.2, 0) is 17.6 Å². The molecule has 0 saturated carbocycles. The number of aromatic nitrogens is 1. The van der Waals surface area contributed by atoms with Crippen molar-refractivity contribution >= 4 is 20.6 Å². The molecule has 3 rings (SSSR count). The van der Waals surface area contributed by atoms with Gasteiger partial charge in [0.05, 0.1) is 11.3 Å². The van der Waals surface area contributed by atoms with Crippen molar-refractivity contribution in [2.24, 2.45) is 11.1 Å². The highest BCUT2D eigenvalue weighted by Crippen LogP contribution is 2.30. The maximum absolute atomic E-state index is 12.5. The van der Waals surface area contributed by atoms with Gasteiger partial charge < -0.3 is 4.84 Å². The van der Waals surface area contributed by atoms with Gasteiger partial charge in [-0.3, -0.25) is 9.88 Å². The third-order valence-corrected chi connectivity index (χ3v) is 4.82. The lowest BCUT2D eigenvalue weighted by Gasteiger charge is -2.33. The molecule has 1 aromatic rings. The number of likely N-dealkylation sites (tertiary alicyclic amines) is 1. The van der Waals surface area contributed by atoms with E-state index >= 15 is 0 Å². The lowest BCUT2D eigenvalue weighted by molar-refractivity contribution is -0.137. The van der Waals surface area contributed by atoms with Crippen LogP contribution in [0, 0.1) is 5.92 Å². The zero-order chi connectivity index (χ0) is 16.4. The van der Waals surface area contributed by atoms with Crippen molar-refractivity contribution in [3.05, 3.63) is 29.6 Å². The molecule has 0 radical (unpaired) electrons. The van der Waals surface area contributed by atoms with Gasteiger partial charge in [-0.15, -0.1) is 0 Å². The quantitative estimate of drug-likeness (QED) is 0.785. The van der Waals surface area contributed by atoms with Crippen molar-refractivity contribution < 1.29 is 18.0 Å². The number of halogens is 4. The standard InChI is InChI=1S/C15H17BrF3N3O/c16-14-7-13(23-21-14)10-3-5-22(6-4-10)9-12-2-1-11(8-20-12)15(17,18)19/h1-2,8,10,13H,3-7,9H2/t13-/m1/s1. The van der Waals surface area contributed by atoms with Crippen molar-refractivity contribution in [3.63, 3.8) is 0 Å². The van der Waals surface area contributed by atoms with E-state index in [1.54, 1.807) is 0 Å². The van der Waals surface area contributed by atoms with Crippen LogP contribution in [0.25, 0.3) is 0 Å². The second kappa shape index (κ2) is 6.76. The molecule has 1 saturated heterocycles. The largest absolute Gasteiger partial charge is 0.417 e. The van der Waals surface area contributed by atoms with Crippen molar-refractivity contribution in [3.8, 4) is 0 Å². The first-order valence-corrected chi connectivity index (χ1v) is 8.34. The second-order valence-electron chi connectivity index (χ2n) is 5.97. The minimum atomic E-state index is -4.33. The summed E-state index contributed by atoms with van der Waals surface area (Å²) in [6.45, 7) is 2.37. The van der Waals surface area contributed by atoms with Crippen LogP contribution in [-0.4, -0.2) is 33.7 Å². The van der Waals surface area contributed by atoms with Crippen LogP contribution in [0.15, 0.2) is 23.5 Å². The van der Waals surface area contributed by atoms with Gasteiger partial charge in [-0.1, -0.05) is 5.16 Å². The average molecular weight is 392 g/mol. The van der Waals surface area contributed by atoms with Crippen molar-refractivity contribution in [1.82, 2.24) is 9.88 Å². The van der Waals surface area contributed by atoms with Gasteiger partial charge in [0.2, 0.25) is 0 Å². The summed E-state index contributed by atoms with van der Waals surface area (Å²) in [4.78, 5) is 11.6. The number of pyridine rings is 1. The zero-order valence-corrected chi connectivity index (χ0v) is 14.0. The molecule has 126 valence electrons. The number of rotatable bonds is 3. The smallest absolute Gasteiger partial charge is 0.391 e. The fourth-order valence-electron chi connectivity index (χ4n) is 3.02. The van der Waals surface area contributed by atoms with E-state index < -0.39 is 11.7 Å². The number of nitrogens with zero attached hydrogens (tertiary/aromatic N) is 3. The molecule has 23 heavy (non-hydrogen) atoms. The molecule has 0 aliphatic carbocycles. The molecule has 1 aromatic heterocycles. The number of oxime groups is 1. The molecule has 0 spiro atoms. The maximum Gasteiger partial charge on any atom is 0.417 e. The Morgan fingerprint density at radius 1 is 1.26 bits per heavy atom. The number of alkyl halides is 3. The summed E-state index contributed by atoms with van der Waals surface area (Å²) in [5.41, 5.74) is -0.0384. The van der Waals surface area contributed by atoms with Gasteiger partial charge in [-0.05, 0) is 54.0 Å². The molecule has 8 heteroatoms. The first kappa shape index (κ1) is 16.7. The maximum atomic E-state index is 12.5. The molecule has 2 aliphatic heterocycles. The highest BCUT2D eigenvalue weighted by molar-refractivity contribution is 9.18. The number of piperidine rings is 1. The lowest BCUT2D eigenvalue weighted by atomic mass is 9.90. The molecule has 0 unspecified atom stereocenters. The van der Waals surface area contributed by atoms with Gasteiger partial charge in [-0.25, -0.2) is 0 Å². The van der Waals surface area contributed by atoms with Gasteiger partial charge in [0.1, 0.15) is 10.7 Å². The minimum absolute atomic E-state index is 0.149. The van der Waals surface area contributed by atoms with Gasteiger partial charge in [0.25, 0.3) is 0 Å². The molecule has 4 nitrogen and oxygen atoms in total. The summed E-state index contributed by atoms with van der Waals surface area (Å²) < 4.78 is 38.4. The molecule has 1 atom stereocenters. The molecular formula is C15H17BrF3N3O. The third-order valence-electron chi connectivity index (χ3n) is 4.35. The van der Waals surface area contributed by atoms with E-state index in [1.165, 1.54) is 6.07 Å². The summed E-state index contributed by atoms with van der Waals surface area (Å²) >= 11 is 3.35. The number of hydrogen-bond donors (Lipinski definition) is 0. The Kier molecular flexibility index (Phi) is 4.91. The summed E-state index contributed by atoms with van der Waals surface area (Å²) in [5, 5.41) is 3.93. The Morgan fingerprint density at radius 3 is 2.52 bits per heavy atom. The Bertz CT molecular complexity index is 568. The second-order valence-corrected chi connectivity index (χ2v) is 6.88. The fraction of sp³-hybridized carbons (Fsp3) is 0.600. The molecular weight excluding hydrogens is 375 g/mol. The first-order chi connectivity index (χ1) is 10.9. The van der Waals surface area contributed by atoms with E-state index in [1.807, 2.05) is 0 Å². The van der Waals surface area contributed by atoms with Gasteiger partial charge in [-0.2, -0.15) is 13.2 Å². The predicted octanol–water partition coefficient (Wildman–Crippen LogP) is 3.81. The van der Waals surface area contributed by atoms with Crippen molar-refractivity contribution in [1.29, 1.82) is 0 Å². The SMILES string of the molecule is FC(F)(F)c1ccc(CN2CCC([C@H]3CC(Br)=NO3)CC2)nc1. The van der Waals surface area contributed by atoms with E-state index in [2.05, 4.69) is 31.0 Å². The molecule has 0 bridgehead atoms. The van der Waals surface area contributed by atoms with E-state index in [0.29, 0.717) is 18.2 Å². The van der Waals surface area contributed by atoms with Crippen LogP contribution in [0.2, 0.25) is 0 Å². The van der Waals surface area contributed by atoms with Crippen LogP contribution in [0.1, 0.15) is 30.5 Å². The summed E-state index contributed by atoms with van der Waals surface area (Å²) in [6.07, 6.45) is -0.450. The van der Waals surface area contributed by atoms with Gasteiger partial charge in [0, 0.05) is 25.1 Å². The molecule has 0 aromatic carbocycles. The fourth-order valence-corrected chi connectivity index (χ4v) is 3.42. The summed E-state index contributed by atoms with van der Waals surface area (Å²) in [6, 6.07) is 2.55. The molecule has 1 fully saturated rings. The van der Waals surface area contributed by atoms with Crippen LogP contribution in [0.4, 0.5) is 13.2 Å². The molecule has 0 N–H and O–H groups in total. The Balaban J connectivity index is 1.49.